The van der Waals surface area contributed by atoms with Crippen LogP contribution < -0.4 is 14.8 Å². The molecule has 0 spiro atoms. The summed E-state index contributed by atoms with van der Waals surface area (Å²) in [6, 6.07) is 23.0. The van der Waals surface area contributed by atoms with Crippen molar-refractivity contribution in [2.75, 3.05) is 13.2 Å². The number of para-hydroxylation sites is 3. The predicted octanol–water partition coefficient (Wildman–Crippen LogP) is 4.17. The zero-order valence-corrected chi connectivity index (χ0v) is 16.8. The average Bonchev–Trinajstić information content (AvgIpc) is 3.48. The third-order valence-electron chi connectivity index (χ3n) is 4.77. The van der Waals surface area contributed by atoms with Crippen LogP contribution in [0.5, 0.6) is 11.5 Å². The van der Waals surface area contributed by atoms with Gasteiger partial charge in [-0.05, 0) is 41.8 Å². The average molecular weight is 417 g/mol. The number of thiophene rings is 1. The van der Waals surface area contributed by atoms with Gasteiger partial charge in [-0.1, -0.05) is 36.4 Å². The Labute approximate surface area is 177 Å². The van der Waals surface area contributed by atoms with Gasteiger partial charge in [-0.2, -0.15) is 5.10 Å². The summed E-state index contributed by atoms with van der Waals surface area (Å²) >= 11 is 1.59. The molecule has 4 aromatic rings. The van der Waals surface area contributed by atoms with E-state index in [1.807, 2.05) is 78.2 Å². The highest BCUT2D eigenvalue weighted by atomic mass is 32.1. The lowest BCUT2D eigenvalue weighted by Gasteiger charge is -2.26. The maximum Gasteiger partial charge on any atom is 0.270 e. The number of hydrogen-bond acceptors (Lipinski definition) is 5. The lowest BCUT2D eigenvalue weighted by molar-refractivity contribution is 0.0785. The molecule has 0 bridgehead atoms. The van der Waals surface area contributed by atoms with Crippen molar-refractivity contribution >= 4 is 17.2 Å². The summed E-state index contributed by atoms with van der Waals surface area (Å²) in [5.74, 6) is 1.21. The van der Waals surface area contributed by atoms with E-state index in [1.165, 1.54) is 0 Å². The highest BCUT2D eigenvalue weighted by molar-refractivity contribution is 7.13. The topological polar surface area (TPSA) is 65.4 Å². The number of fused-ring (bicyclic) bond motifs is 1. The first-order valence-corrected chi connectivity index (χ1v) is 10.5. The van der Waals surface area contributed by atoms with Gasteiger partial charge in [0, 0.05) is 0 Å². The van der Waals surface area contributed by atoms with Crippen LogP contribution in [0.4, 0.5) is 0 Å². The number of nitrogens with one attached hydrogen (secondary N) is 1. The van der Waals surface area contributed by atoms with Crippen molar-refractivity contribution < 1.29 is 14.3 Å². The number of aromatic nitrogens is 2. The Kier molecular flexibility index (Phi) is 4.94. The monoisotopic (exact) mass is 417 g/mol. The van der Waals surface area contributed by atoms with Crippen LogP contribution in [0.2, 0.25) is 0 Å². The predicted molar refractivity (Wildman–Crippen MR) is 116 cm³/mol. The van der Waals surface area contributed by atoms with E-state index in [1.54, 1.807) is 16.0 Å². The van der Waals surface area contributed by atoms with E-state index < -0.39 is 0 Å². The third kappa shape index (κ3) is 3.67. The van der Waals surface area contributed by atoms with Crippen LogP contribution in [-0.2, 0) is 0 Å². The second-order valence-electron chi connectivity index (χ2n) is 6.85. The SMILES string of the molecule is O=C(NCC1COc2ccccc2O1)c1cc(-c2cccs2)nn1-c1ccccc1. The van der Waals surface area contributed by atoms with E-state index >= 15 is 0 Å². The molecule has 30 heavy (non-hydrogen) atoms. The molecule has 1 unspecified atom stereocenters. The van der Waals surface area contributed by atoms with Gasteiger partial charge in [0.2, 0.25) is 0 Å². The van der Waals surface area contributed by atoms with Gasteiger partial charge in [-0.25, -0.2) is 4.68 Å². The van der Waals surface area contributed by atoms with Gasteiger partial charge >= 0.3 is 0 Å². The molecule has 1 atom stereocenters. The molecule has 1 N–H and O–H groups in total. The third-order valence-corrected chi connectivity index (χ3v) is 5.67. The van der Waals surface area contributed by atoms with Crippen LogP contribution in [-0.4, -0.2) is 34.9 Å². The van der Waals surface area contributed by atoms with E-state index in [0.29, 0.717) is 24.6 Å². The van der Waals surface area contributed by atoms with Gasteiger partial charge in [-0.15, -0.1) is 11.3 Å². The summed E-state index contributed by atoms with van der Waals surface area (Å²) in [4.78, 5) is 14.1. The molecule has 7 heteroatoms. The standard InChI is InChI=1S/C23H19N3O3S/c27-23(24-14-17-15-28-20-9-4-5-10-21(20)29-17)19-13-18(22-11-6-12-30-22)25-26(19)16-7-2-1-3-8-16/h1-13,17H,14-15H2,(H,24,27). The summed E-state index contributed by atoms with van der Waals surface area (Å²) in [6.07, 6.45) is -0.256. The van der Waals surface area contributed by atoms with Gasteiger partial charge in [0.1, 0.15) is 24.1 Å². The Hall–Kier alpha value is -3.58. The van der Waals surface area contributed by atoms with E-state index in [-0.39, 0.29) is 12.0 Å². The molecule has 0 saturated carbocycles. The summed E-state index contributed by atoms with van der Waals surface area (Å²) in [5.41, 5.74) is 2.07. The molecule has 1 aliphatic rings. The van der Waals surface area contributed by atoms with Crippen LogP contribution in [0.1, 0.15) is 10.5 Å². The van der Waals surface area contributed by atoms with Crippen LogP contribution in [0.25, 0.3) is 16.3 Å². The molecule has 2 aromatic carbocycles. The second-order valence-corrected chi connectivity index (χ2v) is 7.79. The summed E-state index contributed by atoms with van der Waals surface area (Å²) in [5, 5.41) is 9.64. The number of hydrogen-bond donors (Lipinski definition) is 1. The van der Waals surface area contributed by atoms with Gasteiger partial charge in [0.25, 0.3) is 5.91 Å². The van der Waals surface area contributed by atoms with Crippen molar-refractivity contribution in [1.82, 2.24) is 15.1 Å². The van der Waals surface area contributed by atoms with Crippen molar-refractivity contribution in [2.45, 2.75) is 6.10 Å². The Balaban J connectivity index is 1.36. The molecule has 3 heterocycles. The molecular weight excluding hydrogens is 398 g/mol. The van der Waals surface area contributed by atoms with Crippen LogP contribution in [0.15, 0.2) is 78.2 Å². The lowest BCUT2D eigenvalue weighted by atomic mass is 10.2. The zero-order chi connectivity index (χ0) is 20.3. The fourth-order valence-corrected chi connectivity index (χ4v) is 4.00. The first-order valence-electron chi connectivity index (χ1n) is 9.64. The lowest BCUT2D eigenvalue weighted by Crippen LogP contribution is -2.41. The van der Waals surface area contributed by atoms with Crippen LogP contribution in [0.3, 0.4) is 0 Å². The maximum atomic E-state index is 13.0. The van der Waals surface area contributed by atoms with Crippen LogP contribution in [0, 0.1) is 0 Å². The normalized spacial score (nSPS) is 15.0. The maximum absolute atomic E-state index is 13.0. The van der Waals surface area contributed by atoms with Crippen molar-refractivity contribution in [2.24, 2.45) is 0 Å². The molecule has 0 radical (unpaired) electrons. The molecule has 5 rings (SSSR count). The number of rotatable bonds is 5. The number of benzene rings is 2. The molecule has 0 fully saturated rings. The fourth-order valence-electron chi connectivity index (χ4n) is 3.31. The minimum atomic E-state index is -0.256. The second kappa shape index (κ2) is 8.04. The Morgan fingerprint density at radius 1 is 1.07 bits per heavy atom. The highest BCUT2D eigenvalue weighted by Crippen LogP contribution is 2.31. The van der Waals surface area contributed by atoms with E-state index in [2.05, 4.69) is 10.4 Å². The van der Waals surface area contributed by atoms with Crippen molar-refractivity contribution in [3.8, 4) is 27.8 Å². The van der Waals surface area contributed by atoms with Crippen molar-refractivity contribution in [1.29, 1.82) is 0 Å². The molecule has 150 valence electrons. The fraction of sp³-hybridized carbons (Fsp3) is 0.130. The smallest absolute Gasteiger partial charge is 0.270 e. The summed E-state index contributed by atoms with van der Waals surface area (Å²) in [7, 11) is 0. The Morgan fingerprint density at radius 2 is 1.87 bits per heavy atom. The minimum Gasteiger partial charge on any atom is -0.486 e. The first-order chi connectivity index (χ1) is 14.8. The van der Waals surface area contributed by atoms with Gasteiger partial charge < -0.3 is 14.8 Å². The van der Waals surface area contributed by atoms with E-state index in [9.17, 15) is 4.79 Å². The van der Waals surface area contributed by atoms with Crippen molar-refractivity contribution in [3.05, 3.63) is 83.9 Å². The molecule has 0 saturated heterocycles. The molecule has 1 amide bonds. The van der Waals surface area contributed by atoms with E-state index in [4.69, 9.17) is 9.47 Å². The number of nitrogens with zero attached hydrogens (tertiary/aromatic N) is 2. The van der Waals surface area contributed by atoms with Gasteiger partial charge in [-0.3, -0.25) is 4.79 Å². The Morgan fingerprint density at radius 3 is 2.67 bits per heavy atom. The first kappa shape index (κ1) is 18.4. The number of ether oxygens (including phenoxy) is 2. The summed E-state index contributed by atoms with van der Waals surface area (Å²) < 4.78 is 13.3. The quantitative estimate of drug-likeness (QED) is 0.529. The number of carbonyl (C=O) groups excluding carboxylic acids is 1. The molecular formula is C23H19N3O3S. The number of carbonyl (C=O) groups is 1. The highest BCUT2D eigenvalue weighted by Gasteiger charge is 2.23. The molecule has 1 aliphatic heterocycles. The van der Waals surface area contributed by atoms with Crippen molar-refractivity contribution in [3.63, 3.8) is 0 Å². The van der Waals surface area contributed by atoms with Gasteiger partial charge in [0.15, 0.2) is 11.5 Å². The van der Waals surface area contributed by atoms with E-state index in [0.717, 1.165) is 22.0 Å². The molecule has 6 nitrogen and oxygen atoms in total. The van der Waals surface area contributed by atoms with Gasteiger partial charge in [0.05, 0.1) is 17.1 Å². The largest absolute Gasteiger partial charge is 0.486 e. The van der Waals surface area contributed by atoms with Crippen LogP contribution >= 0.6 is 11.3 Å². The minimum absolute atomic E-state index is 0.211. The molecule has 2 aromatic heterocycles. The summed E-state index contributed by atoms with van der Waals surface area (Å²) in [6.45, 7) is 0.719. The number of amides is 1. The molecule has 0 aliphatic carbocycles. The Bertz CT molecular complexity index is 1160. The zero-order valence-electron chi connectivity index (χ0n) is 16.0.